The molecule has 0 fully saturated rings. The van der Waals surface area contributed by atoms with Crippen molar-refractivity contribution in [2.45, 2.75) is 45.4 Å². The quantitative estimate of drug-likeness (QED) is 0.777. The Morgan fingerprint density at radius 2 is 2.07 bits per heavy atom. The van der Waals surface area contributed by atoms with Gasteiger partial charge in [0.2, 0.25) is 0 Å². The Labute approximate surface area is 85.1 Å². The first-order chi connectivity index (χ1) is 6.41. The van der Waals surface area contributed by atoms with Crippen molar-refractivity contribution in [3.63, 3.8) is 0 Å². The molecule has 0 amide bonds. The average Bonchev–Trinajstić information content (AvgIpc) is 2.53. The lowest BCUT2D eigenvalue weighted by Gasteiger charge is -2.29. The highest BCUT2D eigenvalue weighted by atomic mass is 16.3. The maximum atomic E-state index is 9.74. The average molecular weight is 197 g/mol. The molecule has 2 N–H and O–H groups in total. The Morgan fingerprint density at radius 3 is 2.50 bits per heavy atom. The van der Waals surface area contributed by atoms with Crippen LogP contribution in [0.1, 0.15) is 39.5 Å². The molecule has 0 aliphatic carbocycles. The number of aliphatic hydroxyl groups is 1. The molecule has 1 aromatic rings. The van der Waals surface area contributed by atoms with Gasteiger partial charge >= 0.3 is 0 Å². The van der Waals surface area contributed by atoms with Gasteiger partial charge in [0, 0.05) is 6.04 Å². The number of hydrogen-bond donors (Lipinski definition) is 2. The number of rotatable bonds is 4. The zero-order chi connectivity index (χ0) is 10.8. The molecule has 1 rings (SSSR count). The van der Waals surface area contributed by atoms with Crippen molar-refractivity contribution in [2.24, 2.45) is 0 Å². The van der Waals surface area contributed by atoms with E-state index in [1.54, 1.807) is 20.1 Å². The van der Waals surface area contributed by atoms with Crippen molar-refractivity contribution >= 4 is 0 Å². The highest BCUT2D eigenvalue weighted by Gasteiger charge is 2.24. The second-order valence-corrected chi connectivity index (χ2v) is 4.28. The minimum Gasteiger partial charge on any atom is -0.468 e. The lowest BCUT2D eigenvalue weighted by molar-refractivity contribution is 0.0396. The molecular weight excluding hydrogens is 178 g/mol. The minimum absolute atomic E-state index is 0.0163. The van der Waals surface area contributed by atoms with E-state index in [4.69, 9.17) is 4.42 Å². The van der Waals surface area contributed by atoms with Crippen LogP contribution >= 0.6 is 0 Å². The first-order valence-electron chi connectivity index (χ1n) is 4.93. The molecule has 1 heterocycles. The van der Waals surface area contributed by atoms with Crippen molar-refractivity contribution in [3.8, 4) is 0 Å². The number of furan rings is 1. The van der Waals surface area contributed by atoms with Crippen LogP contribution in [0.4, 0.5) is 0 Å². The summed E-state index contributed by atoms with van der Waals surface area (Å²) in [7, 11) is 0. The Hall–Kier alpha value is -0.800. The van der Waals surface area contributed by atoms with Crippen molar-refractivity contribution < 1.29 is 9.52 Å². The van der Waals surface area contributed by atoms with Crippen LogP contribution in [0, 0.1) is 0 Å². The van der Waals surface area contributed by atoms with Gasteiger partial charge in [-0.2, -0.15) is 0 Å². The predicted molar refractivity (Wildman–Crippen MR) is 56.0 cm³/mol. The fraction of sp³-hybridized carbons (Fsp3) is 0.636. The van der Waals surface area contributed by atoms with E-state index in [0.717, 1.165) is 5.76 Å². The van der Waals surface area contributed by atoms with E-state index in [0.29, 0.717) is 0 Å². The Morgan fingerprint density at radius 1 is 1.43 bits per heavy atom. The van der Waals surface area contributed by atoms with Crippen molar-refractivity contribution in [1.29, 1.82) is 0 Å². The van der Waals surface area contributed by atoms with Crippen LogP contribution in [-0.2, 0) is 0 Å². The lowest BCUT2D eigenvalue weighted by Crippen LogP contribution is -2.45. The number of nitrogens with one attached hydrogen (secondary N) is 1. The van der Waals surface area contributed by atoms with Crippen molar-refractivity contribution in [2.75, 3.05) is 0 Å². The second kappa shape index (κ2) is 4.15. The first-order valence-corrected chi connectivity index (χ1v) is 4.93. The van der Waals surface area contributed by atoms with Gasteiger partial charge in [0.05, 0.1) is 17.9 Å². The molecule has 0 aliphatic rings. The molecule has 80 valence electrons. The zero-order valence-electron chi connectivity index (χ0n) is 9.24. The molecular formula is C11H19NO2. The van der Waals surface area contributed by atoms with Gasteiger partial charge in [-0.25, -0.2) is 0 Å². The van der Waals surface area contributed by atoms with E-state index in [9.17, 15) is 5.11 Å². The molecule has 3 heteroatoms. The van der Waals surface area contributed by atoms with Gasteiger partial charge in [0.1, 0.15) is 5.76 Å². The van der Waals surface area contributed by atoms with E-state index >= 15 is 0 Å². The largest absolute Gasteiger partial charge is 0.468 e. The summed E-state index contributed by atoms with van der Waals surface area (Å²) >= 11 is 0. The van der Waals surface area contributed by atoms with Crippen LogP contribution in [0.2, 0.25) is 0 Å². The van der Waals surface area contributed by atoms with Gasteiger partial charge < -0.3 is 14.8 Å². The van der Waals surface area contributed by atoms with Gasteiger partial charge in [-0.1, -0.05) is 0 Å². The molecule has 0 bridgehead atoms. The van der Waals surface area contributed by atoms with Gasteiger partial charge in [-0.15, -0.1) is 0 Å². The summed E-state index contributed by atoms with van der Waals surface area (Å²) in [6, 6.07) is 3.92. The summed E-state index contributed by atoms with van der Waals surface area (Å²) in [4.78, 5) is 0. The Balaban J connectivity index is 2.53. The SMILES string of the molecule is CC(N[C@@H](C)c1ccco1)C(C)(C)O. The van der Waals surface area contributed by atoms with E-state index in [1.807, 2.05) is 26.0 Å². The zero-order valence-corrected chi connectivity index (χ0v) is 9.24. The van der Waals surface area contributed by atoms with E-state index < -0.39 is 5.60 Å². The van der Waals surface area contributed by atoms with Crippen molar-refractivity contribution in [3.05, 3.63) is 24.2 Å². The van der Waals surface area contributed by atoms with Gasteiger partial charge in [0.25, 0.3) is 0 Å². The summed E-state index contributed by atoms with van der Waals surface area (Å²) in [5.74, 6) is 0.890. The molecule has 2 atom stereocenters. The maximum Gasteiger partial charge on any atom is 0.120 e. The summed E-state index contributed by atoms with van der Waals surface area (Å²) in [5, 5.41) is 13.0. The van der Waals surface area contributed by atoms with Gasteiger partial charge in [0.15, 0.2) is 0 Å². The molecule has 1 unspecified atom stereocenters. The monoisotopic (exact) mass is 197 g/mol. The molecule has 3 nitrogen and oxygen atoms in total. The highest BCUT2D eigenvalue weighted by Crippen LogP contribution is 2.16. The van der Waals surface area contributed by atoms with Crippen LogP contribution in [0.15, 0.2) is 22.8 Å². The summed E-state index contributed by atoms with van der Waals surface area (Å²) in [6.45, 7) is 7.56. The minimum atomic E-state index is -0.721. The molecule has 0 spiro atoms. The third-order valence-corrected chi connectivity index (χ3v) is 2.53. The summed E-state index contributed by atoms with van der Waals surface area (Å²) < 4.78 is 5.26. The van der Waals surface area contributed by atoms with Crippen LogP contribution in [-0.4, -0.2) is 16.7 Å². The molecule has 0 aliphatic heterocycles. The Kier molecular flexibility index (Phi) is 3.34. The smallest absolute Gasteiger partial charge is 0.120 e. The lowest BCUT2D eigenvalue weighted by atomic mass is 10.00. The molecule has 1 aromatic heterocycles. The molecule has 0 aromatic carbocycles. The standard InChI is InChI=1S/C11H19NO2/c1-8(10-6-5-7-14-10)12-9(2)11(3,4)13/h5-9,12-13H,1-4H3/t8-,9?/m0/s1. The highest BCUT2D eigenvalue weighted by molar-refractivity contribution is 5.03. The molecule has 14 heavy (non-hydrogen) atoms. The fourth-order valence-corrected chi connectivity index (χ4v) is 1.20. The molecule has 0 radical (unpaired) electrons. The van der Waals surface area contributed by atoms with E-state index in [1.165, 1.54) is 0 Å². The number of hydrogen-bond acceptors (Lipinski definition) is 3. The third kappa shape index (κ3) is 2.86. The third-order valence-electron chi connectivity index (χ3n) is 2.53. The van der Waals surface area contributed by atoms with Gasteiger partial charge in [-0.3, -0.25) is 0 Å². The molecule has 0 saturated heterocycles. The first kappa shape index (κ1) is 11.3. The second-order valence-electron chi connectivity index (χ2n) is 4.28. The van der Waals surface area contributed by atoms with Crippen LogP contribution in [0.3, 0.4) is 0 Å². The van der Waals surface area contributed by atoms with Crippen molar-refractivity contribution in [1.82, 2.24) is 5.32 Å². The normalized spacial score (nSPS) is 16.6. The van der Waals surface area contributed by atoms with E-state index in [-0.39, 0.29) is 12.1 Å². The van der Waals surface area contributed by atoms with E-state index in [2.05, 4.69) is 5.32 Å². The van der Waals surface area contributed by atoms with Crippen LogP contribution in [0.25, 0.3) is 0 Å². The summed E-state index contributed by atoms with van der Waals surface area (Å²) in [5.41, 5.74) is -0.721. The Bertz CT molecular complexity index is 261. The topological polar surface area (TPSA) is 45.4 Å². The molecule has 0 saturated carbocycles. The maximum absolute atomic E-state index is 9.74. The van der Waals surface area contributed by atoms with Crippen LogP contribution < -0.4 is 5.32 Å². The van der Waals surface area contributed by atoms with Gasteiger partial charge in [-0.05, 0) is 39.8 Å². The predicted octanol–water partition coefficient (Wildman–Crippen LogP) is 2.09. The fourth-order valence-electron chi connectivity index (χ4n) is 1.20. The summed E-state index contributed by atoms with van der Waals surface area (Å²) in [6.07, 6.45) is 1.66. The van der Waals surface area contributed by atoms with Crippen LogP contribution in [0.5, 0.6) is 0 Å².